The molecular weight excluding hydrogens is 445 g/mol. The fourth-order valence-corrected chi connectivity index (χ4v) is 4.44. The molecule has 1 saturated heterocycles. The summed E-state index contributed by atoms with van der Waals surface area (Å²) in [6, 6.07) is 17.2. The van der Waals surface area contributed by atoms with Crippen LogP contribution in [0.15, 0.2) is 72.3 Å². The van der Waals surface area contributed by atoms with E-state index in [1.165, 1.54) is 29.2 Å². The van der Waals surface area contributed by atoms with Gasteiger partial charge in [0.1, 0.15) is 17.3 Å². The zero-order valence-electron chi connectivity index (χ0n) is 20.2. The third-order valence-electron chi connectivity index (χ3n) is 6.38. The topological polar surface area (TPSA) is 66.8 Å². The minimum absolute atomic E-state index is 0.0407. The van der Waals surface area contributed by atoms with Crippen molar-refractivity contribution in [3.8, 4) is 5.75 Å². The van der Waals surface area contributed by atoms with Crippen LogP contribution in [0.4, 0.5) is 10.1 Å². The number of hydrogen-bond acceptors (Lipinski definition) is 4. The number of hydrogen-bond donors (Lipinski definition) is 1. The molecule has 180 valence electrons. The molecule has 0 bridgehead atoms. The van der Waals surface area contributed by atoms with E-state index >= 15 is 0 Å². The molecule has 3 aromatic carbocycles. The summed E-state index contributed by atoms with van der Waals surface area (Å²) in [4.78, 5) is 27.9. The molecule has 0 aromatic heterocycles. The summed E-state index contributed by atoms with van der Waals surface area (Å²) in [5, 5.41) is 11.4. The van der Waals surface area contributed by atoms with Crippen LogP contribution >= 0.6 is 0 Å². The van der Waals surface area contributed by atoms with Crippen molar-refractivity contribution in [1.29, 1.82) is 0 Å². The number of carbonyl (C=O) groups excluding carboxylic acids is 2. The number of benzene rings is 3. The zero-order chi connectivity index (χ0) is 25.3. The Morgan fingerprint density at radius 3 is 2.26 bits per heavy atom. The van der Waals surface area contributed by atoms with E-state index in [1.807, 2.05) is 32.9 Å². The molecule has 1 fully saturated rings. The molecule has 3 aromatic rings. The normalized spacial score (nSPS) is 17.3. The third-order valence-corrected chi connectivity index (χ3v) is 6.38. The van der Waals surface area contributed by atoms with Gasteiger partial charge in [-0.05, 0) is 71.5 Å². The van der Waals surface area contributed by atoms with Gasteiger partial charge in [-0.15, -0.1) is 0 Å². The number of methoxy groups -OCH3 is 1. The van der Waals surface area contributed by atoms with Crippen LogP contribution in [0.25, 0.3) is 5.76 Å². The van der Waals surface area contributed by atoms with Crippen molar-refractivity contribution >= 4 is 23.1 Å². The van der Waals surface area contributed by atoms with Crippen molar-refractivity contribution in [3.63, 3.8) is 0 Å². The SMILES string of the molecule is CCc1ccc(N2C(=O)C(=O)/C(=C(\O)c3ccc(OC)c(C(C)C)c3)C2c2ccc(F)cc2)cc1. The molecule has 1 unspecified atom stereocenters. The molecule has 1 amide bonds. The predicted octanol–water partition coefficient (Wildman–Crippen LogP) is 6.15. The van der Waals surface area contributed by atoms with E-state index in [2.05, 4.69) is 0 Å². The van der Waals surface area contributed by atoms with Gasteiger partial charge < -0.3 is 9.84 Å². The van der Waals surface area contributed by atoms with E-state index in [1.54, 1.807) is 37.4 Å². The second-order valence-electron chi connectivity index (χ2n) is 8.85. The number of anilines is 1. The maximum absolute atomic E-state index is 13.7. The predicted molar refractivity (Wildman–Crippen MR) is 134 cm³/mol. The number of carbonyl (C=O) groups is 2. The Balaban J connectivity index is 1.92. The van der Waals surface area contributed by atoms with E-state index in [0.29, 0.717) is 22.6 Å². The number of Topliss-reactive ketones (excluding diaryl/α,β-unsaturated/α-hetero) is 1. The average molecular weight is 474 g/mol. The number of ketones is 1. The van der Waals surface area contributed by atoms with Crippen LogP contribution in [-0.4, -0.2) is 23.9 Å². The van der Waals surface area contributed by atoms with Crippen LogP contribution in [0.3, 0.4) is 0 Å². The zero-order valence-corrected chi connectivity index (χ0v) is 20.2. The monoisotopic (exact) mass is 473 g/mol. The molecule has 0 spiro atoms. The Labute approximate surface area is 204 Å². The molecule has 0 radical (unpaired) electrons. The molecule has 6 heteroatoms. The highest BCUT2D eigenvalue weighted by molar-refractivity contribution is 6.51. The number of halogens is 1. The first-order valence-electron chi connectivity index (χ1n) is 11.6. The van der Waals surface area contributed by atoms with Crippen LogP contribution in [0.1, 0.15) is 55.0 Å². The number of aryl methyl sites for hydroxylation is 1. The molecule has 1 atom stereocenters. The summed E-state index contributed by atoms with van der Waals surface area (Å²) < 4.78 is 19.2. The van der Waals surface area contributed by atoms with Crippen molar-refractivity contribution in [2.45, 2.75) is 39.2 Å². The average Bonchev–Trinajstić information content (AvgIpc) is 3.13. The first-order chi connectivity index (χ1) is 16.8. The van der Waals surface area contributed by atoms with Crippen LogP contribution in [0.5, 0.6) is 5.75 Å². The number of ether oxygens (including phenoxy) is 1. The number of amides is 1. The van der Waals surface area contributed by atoms with Gasteiger partial charge in [0, 0.05) is 11.3 Å². The number of aliphatic hydroxyl groups is 1. The summed E-state index contributed by atoms with van der Waals surface area (Å²) in [6.07, 6.45) is 0.830. The van der Waals surface area contributed by atoms with Crippen LogP contribution < -0.4 is 9.64 Å². The fraction of sp³-hybridized carbons (Fsp3) is 0.241. The number of nitrogens with zero attached hydrogens (tertiary/aromatic N) is 1. The summed E-state index contributed by atoms with van der Waals surface area (Å²) >= 11 is 0. The Morgan fingerprint density at radius 2 is 1.69 bits per heavy atom. The molecular formula is C29H28FNO4. The second-order valence-corrected chi connectivity index (χ2v) is 8.85. The summed E-state index contributed by atoms with van der Waals surface area (Å²) in [5.41, 5.74) is 3.35. The van der Waals surface area contributed by atoms with Gasteiger partial charge in [0.15, 0.2) is 0 Å². The van der Waals surface area contributed by atoms with E-state index < -0.39 is 23.5 Å². The van der Waals surface area contributed by atoms with Gasteiger partial charge in [-0.2, -0.15) is 0 Å². The largest absolute Gasteiger partial charge is 0.507 e. The molecule has 35 heavy (non-hydrogen) atoms. The lowest BCUT2D eigenvalue weighted by atomic mass is 9.93. The molecule has 1 N–H and O–H groups in total. The van der Waals surface area contributed by atoms with E-state index in [9.17, 15) is 19.1 Å². The highest BCUT2D eigenvalue weighted by Gasteiger charge is 2.47. The van der Waals surface area contributed by atoms with Gasteiger partial charge in [-0.1, -0.05) is 45.0 Å². The van der Waals surface area contributed by atoms with Crippen LogP contribution in [0.2, 0.25) is 0 Å². The molecule has 0 saturated carbocycles. The standard InChI is InChI=1S/C29H28FNO4/c1-5-18-6-13-22(14-7-18)31-26(19-8-11-21(30)12-9-19)25(28(33)29(31)34)27(32)20-10-15-24(35-4)23(16-20)17(2)3/h6-17,26,32H,5H2,1-4H3/b27-25-. The van der Waals surface area contributed by atoms with E-state index in [0.717, 1.165) is 17.5 Å². The van der Waals surface area contributed by atoms with Crippen molar-refractivity contribution in [3.05, 3.63) is 100 Å². The van der Waals surface area contributed by atoms with Crippen molar-refractivity contribution < 1.29 is 23.8 Å². The Bertz CT molecular complexity index is 1290. The Morgan fingerprint density at radius 1 is 1.03 bits per heavy atom. The summed E-state index contributed by atoms with van der Waals surface area (Å²) in [7, 11) is 1.57. The maximum Gasteiger partial charge on any atom is 0.300 e. The van der Waals surface area contributed by atoms with Crippen LogP contribution in [-0.2, 0) is 16.0 Å². The Kier molecular flexibility index (Phi) is 6.74. The highest BCUT2D eigenvalue weighted by atomic mass is 19.1. The molecule has 1 aliphatic heterocycles. The van der Waals surface area contributed by atoms with Gasteiger partial charge in [0.2, 0.25) is 0 Å². The highest BCUT2D eigenvalue weighted by Crippen LogP contribution is 2.43. The summed E-state index contributed by atoms with van der Waals surface area (Å²) in [6.45, 7) is 6.03. The first kappa shape index (κ1) is 24.2. The molecule has 1 heterocycles. The molecule has 4 rings (SSSR count). The van der Waals surface area contributed by atoms with E-state index in [4.69, 9.17) is 4.74 Å². The molecule has 5 nitrogen and oxygen atoms in total. The number of rotatable bonds is 6. The molecule has 1 aliphatic rings. The lowest BCUT2D eigenvalue weighted by molar-refractivity contribution is -0.132. The van der Waals surface area contributed by atoms with Crippen molar-refractivity contribution in [2.24, 2.45) is 0 Å². The lowest BCUT2D eigenvalue weighted by Crippen LogP contribution is -2.29. The van der Waals surface area contributed by atoms with Crippen molar-refractivity contribution in [2.75, 3.05) is 12.0 Å². The smallest absolute Gasteiger partial charge is 0.300 e. The minimum atomic E-state index is -0.910. The molecule has 0 aliphatic carbocycles. The van der Waals surface area contributed by atoms with Gasteiger partial charge in [0.05, 0.1) is 18.7 Å². The fourth-order valence-electron chi connectivity index (χ4n) is 4.44. The quantitative estimate of drug-likeness (QED) is 0.265. The summed E-state index contributed by atoms with van der Waals surface area (Å²) in [5.74, 6) is -1.49. The minimum Gasteiger partial charge on any atom is -0.507 e. The maximum atomic E-state index is 13.7. The van der Waals surface area contributed by atoms with Crippen molar-refractivity contribution in [1.82, 2.24) is 0 Å². The van der Waals surface area contributed by atoms with Crippen LogP contribution in [0, 0.1) is 5.82 Å². The second kappa shape index (κ2) is 9.74. The van der Waals surface area contributed by atoms with Gasteiger partial charge >= 0.3 is 0 Å². The third kappa shape index (κ3) is 4.44. The first-order valence-corrected chi connectivity index (χ1v) is 11.6. The van der Waals surface area contributed by atoms with E-state index in [-0.39, 0.29) is 17.3 Å². The van der Waals surface area contributed by atoms with Gasteiger partial charge in [-0.3, -0.25) is 14.5 Å². The Hall–Kier alpha value is -3.93. The van der Waals surface area contributed by atoms with Gasteiger partial charge in [0.25, 0.3) is 11.7 Å². The van der Waals surface area contributed by atoms with Gasteiger partial charge in [-0.25, -0.2) is 4.39 Å². The lowest BCUT2D eigenvalue weighted by Gasteiger charge is -2.25. The number of aliphatic hydroxyl groups excluding tert-OH is 1.